The van der Waals surface area contributed by atoms with Gasteiger partial charge in [0, 0.05) is 30.1 Å². The fourth-order valence-electron chi connectivity index (χ4n) is 4.33. The standard InChI is InChI=1S/C23H24FN5O/c1-30-21-9-8-15(11-18(21)24)22-17(12-25-28-22)14-29-10-4-5-16(13-29)23-26-19-6-2-3-7-20(19)27-23/h2-3,6-9,11-12,16H,4-5,10,13-14H2,1H3,(H,25,28)(H,26,27)/t16-/m0/s1. The third-order valence-electron chi connectivity index (χ3n) is 5.85. The highest BCUT2D eigenvalue weighted by atomic mass is 19.1. The molecule has 0 bridgehead atoms. The first-order chi connectivity index (χ1) is 14.7. The van der Waals surface area contributed by atoms with Crippen LogP contribution in [0.4, 0.5) is 4.39 Å². The van der Waals surface area contributed by atoms with Gasteiger partial charge in [0.1, 0.15) is 5.82 Å². The summed E-state index contributed by atoms with van der Waals surface area (Å²) in [6.45, 7) is 2.72. The van der Waals surface area contributed by atoms with E-state index in [1.54, 1.807) is 6.07 Å². The Kier molecular flexibility index (Phi) is 4.96. The van der Waals surface area contributed by atoms with Crippen molar-refractivity contribution in [2.45, 2.75) is 25.3 Å². The van der Waals surface area contributed by atoms with Gasteiger partial charge in [0.2, 0.25) is 0 Å². The lowest BCUT2D eigenvalue weighted by Crippen LogP contribution is -2.34. The zero-order valence-electron chi connectivity index (χ0n) is 16.9. The smallest absolute Gasteiger partial charge is 0.165 e. The largest absolute Gasteiger partial charge is 0.494 e. The molecule has 0 amide bonds. The lowest BCUT2D eigenvalue weighted by Gasteiger charge is -2.31. The summed E-state index contributed by atoms with van der Waals surface area (Å²) in [7, 11) is 1.47. The molecule has 1 saturated heterocycles. The molecule has 5 rings (SSSR count). The van der Waals surface area contributed by atoms with Crippen LogP contribution in [-0.4, -0.2) is 45.3 Å². The van der Waals surface area contributed by atoms with Gasteiger partial charge in [-0.1, -0.05) is 12.1 Å². The summed E-state index contributed by atoms with van der Waals surface area (Å²) in [5, 5.41) is 7.25. The fraction of sp³-hybridized carbons (Fsp3) is 0.304. The van der Waals surface area contributed by atoms with Gasteiger partial charge in [-0.05, 0) is 49.7 Å². The van der Waals surface area contributed by atoms with Gasteiger partial charge in [0.05, 0.1) is 30.0 Å². The second-order valence-corrected chi connectivity index (χ2v) is 7.83. The lowest BCUT2D eigenvalue weighted by atomic mass is 9.96. The van der Waals surface area contributed by atoms with Gasteiger partial charge in [-0.2, -0.15) is 5.10 Å². The van der Waals surface area contributed by atoms with Crippen molar-refractivity contribution >= 4 is 11.0 Å². The molecule has 2 aromatic carbocycles. The Hall–Kier alpha value is -3.19. The Morgan fingerprint density at radius 3 is 2.97 bits per heavy atom. The third kappa shape index (κ3) is 3.57. The van der Waals surface area contributed by atoms with Crippen LogP contribution < -0.4 is 4.74 Å². The average molecular weight is 405 g/mol. The highest BCUT2D eigenvalue weighted by Crippen LogP contribution is 2.30. The zero-order chi connectivity index (χ0) is 20.5. The van der Waals surface area contributed by atoms with Crippen molar-refractivity contribution in [3.63, 3.8) is 0 Å². The topological polar surface area (TPSA) is 69.8 Å². The number of hydrogen-bond acceptors (Lipinski definition) is 4. The molecule has 6 nitrogen and oxygen atoms in total. The van der Waals surface area contributed by atoms with E-state index in [2.05, 4.69) is 26.1 Å². The van der Waals surface area contributed by atoms with Crippen molar-refractivity contribution in [3.05, 3.63) is 65.9 Å². The van der Waals surface area contributed by atoms with Crippen LogP contribution in [0, 0.1) is 5.82 Å². The van der Waals surface area contributed by atoms with Crippen molar-refractivity contribution in [2.24, 2.45) is 0 Å². The number of para-hydroxylation sites is 2. The van der Waals surface area contributed by atoms with E-state index in [4.69, 9.17) is 9.72 Å². The molecule has 1 aliphatic rings. The minimum absolute atomic E-state index is 0.240. The van der Waals surface area contributed by atoms with Gasteiger partial charge < -0.3 is 9.72 Å². The molecule has 0 saturated carbocycles. The molecule has 1 fully saturated rings. The van der Waals surface area contributed by atoms with E-state index >= 15 is 0 Å². The Balaban J connectivity index is 1.34. The average Bonchev–Trinajstić information content (AvgIpc) is 3.41. The Labute approximate surface area is 174 Å². The number of ether oxygens (including phenoxy) is 1. The SMILES string of the molecule is COc1ccc(-c2[nH]ncc2CN2CCC[C@H](c3nc4ccccc4[nH]3)C2)cc1F. The van der Waals surface area contributed by atoms with Crippen molar-refractivity contribution in [2.75, 3.05) is 20.2 Å². The maximum absolute atomic E-state index is 14.2. The molecule has 0 unspecified atom stereocenters. The maximum Gasteiger partial charge on any atom is 0.165 e. The van der Waals surface area contributed by atoms with Crippen LogP contribution >= 0.6 is 0 Å². The molecule has 2 N–H and O–H groups in total. The van der Waals surface area contributed by atoms with Crippen molar-refractivity contribution in [3.8, 4) is 17.0 Å². The number of aromatic nitrogens is 4. The van der Waals surface area contributed by atoms with Crippen LogP contribution in [0.1, 0.15) is 30.1 Å². The number of hydrogen-bond donors (Lipinski definition) is 2. The Morgan fingerprint density at radius 1 is 1.23 bits per heavy atom. The predicted molar refractivity (Wildman–Crippen MR) is 114 cm³/mol. The van der Waals surface area contributed by atoms with Crippen LogP contribution in [0.5, 0.6) is 5.75 Å². The van der Waals surface area contributed by atoms with Gasteiger partial charge in [-0.25, -0.2) is 9.37 Å². The second-order valence-electron chi connectivity index (χ2n) is 7.83. The van der Waals surface area contributed by atoms with Crippen LogP contribution in [-0.2, 0) is 6.54 Å². The number of imidazole rings is 1. The number of fused-ring (bicyclic) bond motifs is 1. The molecule has 3 heterocycles. The monoisotopic (exact) mass is 405 g/mol. The van der Waals surface area contributed by atoms with E-state index in [1.807, 2.05) is 30.5 Å². The molecule has 0 radical (unpaired) electrons. The number of rotatable bonds is 5. The van der Waals surface area contributed by atoms with E-state index in [-0.39, 0.29) is 11.6 Å². The molecule has 30 heavy (non-hydrogen) atoms. The number of nitrogens with one attached hydrogen (secondary N) is 2. The molecule has 0 aliphatic carbocycles. The molecule has 1 aliphatic heterocycles. The van der Waals surface area contributed by atoms with Gasteiger partial charge in [0.25, 0.3) is 0 Å². The summed E-state index contributed by atoms with van der Waals surface area (Å²) in [4.78, 5) is 10.7. The van der Waals surface area contributed by atoms with Crippen LogP contribution in [0.25, 0.3) is 22.3 Å². The van der Waals surface area contributed by atoms with Gasteiger partial charge in [0.15, 0.2) is 11.6 Å². The lowest BCUT2D eigenvalue weighted by molar-refractivity contribution is 0.197. The van der Waals surface area contributed by atoms with Crippen molar-refractivity contribution in [1.82, 2.24) is 25.1 Å². The van der Waals surface area contributed by atoms with E-state index in [0.717, 1.165) is 66.2 Å². The third-order valence-corrected chi connectivity index (χ3v) is 5.85. The number of nitrogens with zero attached hydrogens (tertiary/aromatic N) is 3. The zero-order valence-corrected chi connectivity index (χ0v) is 16.9. The van der Waals surface area contributed by atoms with E-state index in [1.165, 1.54) is 13.2 Å². The Bertz CT molecular complexity index is 1130. The maximum atomic E-state index is 14.2. The predicted octanol–water partition coefficient (Wildman–Crippen LogP) is 4.48. The highest BCUT2D eigenvalue weighted by molar-refractivity contribution is 5.74. The summed E-state index contributed by atoms with van der Waals surface area (Å²) in [5.41, 5.74) is 4.78. The van der Waals surface area contributed by atoms with Crippen LogP contribution in [0.2, 0.25) is 0 Å². The number of aromatic amines is 2. The highest BCUT2D eigenvalue weighted by Gasteiger charge is 2.25. The number of H-pyrrole nitrogens is 2. The summed E-state index contributed by atoms with van der Waals surface area (Å²) < 4.78 is 19.2. The van der Waals surface area contributed by atoms with Crippen molar-refractivity contribution in [1.29, 1.82) is 0 Å². The van der Waals surface area contributed by atoms with E-state index < -0.39 is 0 Å². The molecule has 1 atom stereocenters. The summed E-state index contributed by atoms with van der Waals surface area (Å²) >= 11 is 0. The molecule has 4 aromatic rings. The number of benzene rings is 2. The summed E-state index contributed by atoms with van der Waals surface area (Å²) in [5.74, 6) is 1.30. The molecule has 2 aromatic heterocycles. The number of methoxy groups -OCH3 is 1. The van der Waals surface area contributed by atoms with Crippen LogP contribution in [0.15, 0.2) is 48.7 Å². The van der Waals surface area contributed by atoms with Crippen molar-refractivity contribution < 1.29 is 9.13 Å². The van der Waals surface area contributed by atoms with Gasteiger partial charge in [-0.15, -0.1) is 0 Å². The number of halogens is 1. The van der Waals surface area contributed by atoms with Gasteiger partial charge >= 0.3 is 0 Å². The minimum atomic E-state index is -0.376. The number of piperidine rings is 1. The second kappa shape index (κ2) is 7.91. The van der Waals surface area contributed by atoms with Crippen LogP contribution in [0.3, 0.4) is 0 Å². The van der Waals surface area contributed by atoms with Gasteiger partial charge in [-0.3, -0.25) is 10.00 Å². The molecular formula is C23H24FN5O. The Morgan fingerprint density at radius 2 is 2.13 bits per heavy atom. The molecule has 154 valence electrons. The first-order valence-corrected chi connectivity index (χ1v) is 10.2. The van der Waals surface area contributed by atoms with E-state index in [9.17, 15) is 4.39 Å². The molecule has 0 spiro atoms. The summed E-state index contributed by atoms with van der Waals surface area (Å²) in [6, 6.07) is 13.1. The molecular weight excluding hydrogens is 381 g/mol. The minimum Gasteiger partial charge on any atom is -0.494 e. The summed E-state index contributed by atoms with van der Waals surface area (Å²) in [6.07, 6.45) is 4.08. The first kappa shape index (κ1) is 18.8. The molecule has 7 heteroatoms. The quantitative estimate of drug-likeness (QED) is 0.514. The fourth-order valence-corrected chi connectivity index (χ4v) is 4.33. The first-order valence-electron chi connectivity index (χ1n) is 10.2. The van der Waals surface area contributed by atoms with E-state index in [0.29, 0.717) is 5.92 Å². The normalized spacial score (nSPS) is 17.5. The number of likely N-dealkylation sites (tertiary alicyclic amines) is 1.